The van der Waals surface area contributed by atoms with Gasteiger partial charge in [-0.25, -0.2) is 14.6 Å². The maximum absolute atomic E-state index is 13.7. The molecule has 0 aliphatic carbocycles. The summed E-state index contributed by atoms with van der Waals surface area (Å²) < 4.78 is 49.6. The molecule has 6 rings (SSSR count). The van der Waals surface area contributed by atoms with E-state index in [1.165, 1.54) is 6.92 Å². The third kappa shape index (κ3) is 5.40. The van der Waals surface area contributed by atoms with E-state index in [1.54, 1.807) is 15.4 Å². The summed E-state index contributed by atoms with van der Waals surface area (Å²) >= 11 is 0. The summed E-state index contributed by atoms with van der Waals surface area (Å²) in [5.74, 6) is 1.35. The summed E-state index contributed by atoms with van der Waals surface area (Å²) in [5, 5.41) is 5.02. The number of aryl methyl sites for hydroxylation is 1. The summed E-state index contributed by atoms with van der Waals surface area (Å²) in [6.07, 6.45) is 2.35. The molecule has 3 aromatic heterocycles. The number of nitrogens with zero attached hydrogens (tertiary/aromatic N) is 8. The fraction of sp³-hybridized carbons (Fsp3) is 0.679. The average molecular weight is 575 g/mol. The van der Waals surface area contributed by atoms with Crippen molar-refractivity contribution in [2.45, 2.75) is 78.2 Å². The van der Waals surface area contributed by atoms with Crippen LogP contribution in [0.1, 0.15) is 70.1 Å². The monoisotopic (exact) mass is 574 g/mol. The number of aromatic nitrogens is 6. The van der Waals surface area contributed by atoms with Gasteiger partial charge in [-0.15, -0.1) is 0 Å². The molecular weight excluding hydrogens is 537 g/mol. The Balaban J connectivity index is 1.25. The van der Waals surface area contributed by atoms with Crippen molar-refractivity contribution in [3.8, 4) is 0 Å². The largest absolute Gasteiger partial charge is 0.433 e. The topological polar surface area (TPSA) is 94.2 Å². The second kappa shape index (κ2) is 10.6. The van der Waals surface area contributed by atoms with Crippen molar-refractivity contribution in [1.82, 2.24) is 29.3 Å². The van der Waals surface area contributed by atoms with Crippen molar-refractivity contribution in [2.75, 3.05) is 42.6 Å². The van der Waals surface area contributed by atoms with Gasteiger partial charge in [0.05, 0.1) is 6.20 Å². The number of halogens is 3. The van der Waals surface area contributed by atoms with Crippen molar-refractivity contribution in [3.63, 3.8) is 0 Å². The fourth-order valence-corrected chi connectivity index (χ4v) is 6.49. The van der Waals surface area contributed by atoms with Gasteiger partial charge in [-0.1, -0.05) is 13.8 Å². The van der Waals surface area contributed by atoms with Crippen molar-refractivity contribution in [2.24, 2.45) is 11.3 Å². The van der Waals surface area contributed by atoms with Crippen LogP contribution in [-0.4, -0.2) is 62.1 Å². The number of hydrogen-bond acceptors (Lipinski definition) is 8. The Bertz CT molecular complexity index is 1470. The molecule has 0 radical (unpaired) electrons. The second-order valence-corrected chi connectivity index (χ2v) is 12.2. The number of alkyl halides is 3. The molecule has 0 bridgehead atoms. The first-order valence-corrected chi connectivity index (χ1v) is 14.6. The Morgan fingerprint density at radius 2 is 1.80 bits per heavy atom. The Morgan fingerprint density at radius 1 is 1.07 bits per heavy atom. The number of hydrogen-bond donors (Lipinski definition) is 0. The lowest BCUT2D eigenvalue weighted by Gasteiger charge is -2.40. The lowest BCUT2D eigenvalue weighted by atomic mass is 9.78. The van der Waals surface area contributed by atoms with Crippen LogP contribution in [0.4, 0.5) is 24.9 Å². The minimum atomic E-state index is -4.51. The van der Waals surface area contributed by atoms with Crippen LogP contribution in [0, 0.1) is 18.3 Å². The molecule has 3 saturated heterocycles. The number of fused-ring (bicyclic) bond motifs is 1. The van der Waals surface area contributed by atoms with Crippen molar-refractivity contribution >= 4 is 22.8 Å². The quantitative estimate of drug-likeness (QED) is 0.438. The van der Waals surface area contributed by atoms with Gasteiger partial charge in [0.25, 0.3) is 5.56 Å². The lowest BCUT2D eigenvalue weighted by molar-refractivity contribution is -0.141. The number of anilines is 2. The Hall–Kier alpha value is -3.22. The molecule has 3 aromatic rings. The van der Waals surface area contributed by atoms with E-state index >= 15 is 0 Å². The molecule has 13 heteroatoms. The number of piperidine rings is 1. The predicted octanol–water partition coefficient (Wildman–Crippen LogP) is 4.56. The van der Waals surface area contributed by atoms with Crippen LogP contribution in [-0.2, 0) is 17.5 Å². The Morgan fingerprint density at radius 3 is 2.46 bits per heavy atom. The van der Waals surface area contributed by atoms with E-state index in [4.69, 9.17) is 9.72 Å². The molecule has 0 saturated carbocycles. The van der Waals surface area contributed by atoms with Crippen molar-refractivity contribution in [3.05, 3.63) is 34.1 Å². The highest BCUT2D eigenvalue weighted by Crippen LogP contribution is 2.43. The molecule has 41 heavy (non-hydrogen) atoms. The van der Waals surface area contributed by atoms with E-state index in [2.05, 4.69) is 33.8 Å². The van der Waals surface area contributed by atoms with Gasteiger partial charge in [0.1, 0.15) is 22.7 Å². The zero-order valence-electron chi connectivity index (χ0n) is 23.8. The summed E-state index contributed by atoms with van der Waals surface area (Å²) in [6, 6.07) is 1.06. The molecule has 3 aliphatic rings. The molecule has 222 valence electrons. The molecule has 3 fully saturated rings. The maximum Gasteiger partial charge on any atom is 0.433 e. The fourth-order valence-electron chi connectivity index (χ4n) is 6.49. The van der Waals surface area contributed by atoms with Gasteiger partial charge >= 0.3 is 6.18 Å². The smallest absolute Gasteiger partial charge is 0.356 e. The van der Waals surface area contributed by atoms with Crippen molar-refractivity contribution in [1.29, 1.82) is 0 Å². The molecule has 1 atom stereocenters. The molecule has 0 amide bonds. The van der Waals surface area contributed by atoms with Crippen LogP contribution in [0.5, 0.6) is 0 Å². The first-order chi connectivity index (χ1) is 19.5. The third-order valence-electron chi connectivity index (χ3n) is 8.65. The average Bonchev–Trinajstić information content (AvgIpc) is 3.55. The van der Waals surface area contributed by atoms with Crippen LogP contribution >= 0.6 is 0 Å². The van der Waals surface area contributed by atoms with Crippen LogP contribution < -0.4 is 15.4 Å². The standard InChI is InChI=1S/C28H37F3N8O2/c1-18(2)16-38-25(40)20-15-32-39(23-6-4-5-13-41-23)24(20)35-26(38)36-10-7-27(8-11-36)9-12-37(17-27)22-14-21(28(29,30)31)33-19(3)34-22/h14-15,18,23H,4-13,16-17H2,1-3H3. The summed E-state index contributed by atoms with van der Waals surface area (Å²) in [4.78, 5) is 30.8. The van der Waals surface area contributed by atoms with Gasteiger partial charge in [-0.05, 0) is 56.8 Å². The van der Waals surface area contributed by atoms with Crippen LogP contribution in [0.3, 0.4) is 0 Å². The minimum absolute atomic E-state index is 0.0290. The molecule has 6 heterocycles. The SMILES string of the molecule is Cc1nc(N2CCC3(CCN(c4nc5c(cnn5C5CCCCO5)c(=O)n4CC(C)C)CC3)C2)cc(C(F)(F)F)n1. The van der Waals surface area contributed by atoms with Crippen molar-refractivity contribution < 1.29 is 17.9 Å². The maximum atomic E-state index is 13.7. The van der Waals surface area contributed by atoms with E-state index in [-0.39, 0.29) is 28.9 Å². The normalized spacial score (nSPS) is 21.5. The minimum Gasteiger partial charge on any atom is -0.356 e. The third-order valence-corrected chi connectivity index (χ3v) is 8.65. The highest BCUT2D eigenvalue weighted by Gasteiger charge is 2.43. The molecule has 3 aliphatic heterocycles. The molecule has 1 unspecified atom stereocenters. The highest BCUT2D eigenvalue weighted by molar-refractivity contribution is 5.75. The first kappa shape index (κ1) is 27.9. The van der Waals surface area contributed by atoms with Gasteiger partial charge in [0.2, 0.25) is 5.95 Å². The zero-order chi connectivity index (χ0) is 28.9. The number of ether oxygens (including phenoxy) is 1. The molecule has 0 aromatic carbocycles. The second-order valence-electron chi connectivity index (χ2n) is 12.2. The molecular formula is C28H37F3N8O2. The summed E-state index contributed by atoms with van der Waals surface area (Å²) in [5.41, 5.74) is -0.464. The summed E-state index contributed by atoms with van der Waals surface area (Å²) in [7, 11) is 0. The van der Waals surface area contributed by atoms with E-state index in [1.807, 2.05) is 4.90 Å². The highest BCUT2D eigenvalue weighted by atomic mass is 19.4. The van der Waals surface area contributed by atoms with Gasteiger partial charge in [0, 0.05) is 45.4 Å². The molecule has 10 nitrogen and oxygen atoms in total. The molecule has 0 N–H and O–H groups in total. The first-order valence-electron chi connectivity index (χ1n) is 14.6. The lowest BCUT2D eigenvalue weighted by Crippen LogP contribution is -2.44. The number of rotatable bonds is 5. The van der Waals surface area contributed by atoms with Gasteiger partial charge < -0.3 is 14.5 Å². The van der Waals surface area contributed by atoms with Gasteiger partial charge in [-0.2, -0.15) is 23.3 Å². The Labute approximate surface area is 236 Å². The van der Waals surface area contributed by atoms with E-state index < -0.39 is 11.9 Å². The summed E-state index contributed by atoms with van der Waals surface area (Å²) in [6.45, 7) is 9.57. The van der Waals surface area contributed by atoms with Gasteiger partial charge in [0.15, 0.2) is 11.9 Å². The Kier molecular flexibility index (Phi) is 7.19. The van der Waals surface area contributed by atoms with E-state index in [9.17, 15) is 18.0 Å². The zero-order valence-corrected chi connectivity index (χ0v) is 23.8. The van der Waals surface area contributed by atoms with Crippen LogP contribution in [0.2, 0.25) is 0 Å². The van der Waals surface area contributed by atoms with E-state index in [0.29, 0.717) is 62.1 Å². The molecule has 1 spiro atoms. The van der Waals surface area contributed by atoms with Crippen LogP contribution in [0.15, 0.2) is 17.1 Å². The van der Waals surface area contributed by atoms with Gasteiger partial charge in [-0.3, -0.25) is 9.36 Å². The van der Waals surface area contributed by atoms with E-state index in [0.717, 1.165) is 44.6 Å². The predicted molar refractivity (Wildman–Crippen MR) is 148 cm³/mol. The van der Waals surface area contributed by atoms with Crippen LogP contribution in [0.25, 0.3) is 11.0 Å².